The zero-order valence-electron chi connectivity index (χ0n) is 13.1. The number of carbonyl (C=O) groups is 1. The maximum absolute atomic E-state index is 12.0. The van der Waals surface area contributed by atoms with Gasteiger partial charge in [0.25, 0.3) is 0 Å². The number of nitrogens with one attached hydrogen (secondary N) is 1. The molecular weight excluding hydrogens is 324 g/mol. The van der Waals surface area contributed by atoms with Crippen LogP contribution in [0.1, 0.15) is 18.9 Å². The first-order valence-electron chi connectivity index (χ1n) is 8.01. The van der Waals surface area contributed by atoms with E-state index in [1.54, 1.807) is 6.20 Å². The highest BCUT2D eigenvalue weighted by Gasteiger charge is 2.24. The molecule has 1 amide bonds. The number of thiazole rings is 1. The Balaban J connectivity index is 1.34. The Labute approximate surface area is 143 Å². The molecule has 0 saturated carbocycles. The fourth-order valence-corrected chi connectivity index (χ4v) is 3.67. The van der Waals surface area contributed by atoms with Gasteiger partial charge >= 0.3 is 0 Å². The SMILES string of the molecule is O=C(CN1CCC(n2nnc3ccccc32)CC1)Nc1nccs1. The van der Waals surface area contributed by atoms with E-state index in [0.29, 0.717) is 17.7 Å². The first kappa shape index (κ1) is 15.2. The number of hydrogen-bond donors (Lipinski definition) is 1. The smallest absolute Gasteiger partial charge is 0.240 e. The van der Waals surface area contributed by atoms with E-state index < -0.39 is 0 Å². The standard InChI is InChI=1S/C16H18N6OS/c23-15(18-16-17-7-10-24-16)11-21-8-5-12(6-9-21)22-14-4-2-1-3-13(14)19-20-22/h1-4,7,10,12H,5-6,8-9,11H2,(H,17,18,23). The maximum atomic E-state index is 12.0. The summed E-state index contributed by atoms with van der Waals surface area (Å²) in [6.45, 7) is 2.17. The zero-order valence-corrected chi connectivity index (χ0v) is 13.9. The molecule has 7 nitrogen and oxygen atoms in total. The number of rotatable bonds is 4. The zero-order chi connectivity index (χ0) is 16.4. The molecule has 0 aliphatic carbocycles. The number of fused-ring (bicyclic) bond motifs is 1. The van der Waals surface area contributed by atoms with Gasteiger partial charge in [-0.05, 0) is 25.0 Å². The van der Waals surface area contributed by atoms with Crippen LogP contribution < -0.4 is 5.32 Å². The largest absolute Gasteiger partial charge is 0.301 e. The van der Waals surface area contributed by atoms with Crippen LogP contribution in [0.15, 0.2) is 35.8 Å². The van der Waals surface area contributed by atoms with Gasteiger partial charge in [-0.15, -0.1) is 16.4 Å². The summed E-state index contributed by atoms with van der Waals surface area (Å²) in [7, 11) is 0. The number of benzene rings is 1. The highest BCUT2D eigenvalue weighted by atomic mass is 32.1. The Bertz CT molecular complexity index is 822. The highest BCUT2D eigenvalue weighted by molar-refractivity contribution is 7.13. The van der Waals surface area contributed by atoms with Crippen molar-refractivity contribution in [3.05, 3.63) is 35.8 Å². The molecule has 3 aromatic rings. The Morgan fingerprint density at radius 1 is 1.29 bits per heavy atom. The minimum absolute atomic E-state index is 0.00499. The Morgan fingerprint density at radius 3 is 2.92 bits per heavy atom. The van der Waals surface area contributed by atoms with E-state index in [-0.39, 0.29) is 5.91 Å². The summed E-state index contributed by atoms with van der Waals surface area (Å²) in [6, 6.07) is 8.38. The topological polar surface area (TPSA) is 75.9 Å². The van der Waals surface area contributed by atoms with Crippen molar-refractivity contribution in [1.82, 2.24) is 24.9 Å². The minimum Gasteiger partial charge on any atom is -0.301 e. The van der Waals surface area contributed by atoms with Gasteiger partial charge in [-0.1, -0.05) is 17.3 Å². The molecule has 3 heterocycles. The molecule has 0 spiro atoms. The van der Waals surface area contributed by atoms with Gasteiger partial charge in [0.1, 0.15) is 5.52 Å². The molecule has 0 atom stereocenters. The van der Waals surface area contributed by atoms with Crippen LogP contribution in [0.3, 0.4) is 0 Å². The van der Waals surface area contributed by atoms with E-state index in [9.17, 15) is 4.79 Å². The Kier molecular flexibility index (Phi) is 4.22. The number of likely N-dealkylation sites (tertiary alicyclic amines) is 1. The second kappa shape index (κ2) is 6.66. The second-order valence-electron chi connectivity index (χ2n) is 5.92. The predicted octanol–water partition coefficient (Wildman–Crippen LogP) is 2.16. The summed E-state index contributed by atoms with van der Waals surface area (Å²) in [5.41, 5.74) is 2.01. The lowest BCUT2D eigenvalue weighted by Gasteiger charge is -2.31. The van der Waals surface area contributed by atoms with Crippen LogP contribution in [0.5, 0.6) is 0 Å². The van der Waals surface area contributed by atoms with Crippen molar-refractivity contribution in [3.8, 4) is 0 Å². The van der Waals surface area contributed by atoms with Crippen molar-refractivity contribution < 1.29 is 4.79 Å². The average Bonchev–Trinajstić information content (AvgIpc) is 3.25. The summed E-state index contributed by atoms with van der Waals surface area (Å²) < 4.78 is 2.03. The molecule has 1 aliphatic rings. The number of hydrogen-bond acceptors (Lipinski definition) is 6. The van der Waals surface area contributed by atoms with Gasteiger partial charge in [-0.25, -0.2) is 9.67 Å². The predicted molar refractivity (Wildman–Crippen MR) is 93.0 cm³/mol. The van der Waals surface area contributed by atoms with Gasteiger partial charge in [-0.2, -0.15) is 0 Å². The van der Waals surface area contributed by atoms with E-state index in [0.717, 1.165) is 37.0 Å². The summed E-state index contributed by atoms with van der Waals surface area (Å²) in [4.78, 5) is 18.3. The number of anilines is 1. The molecule has 1 N–H and O–H groups in total. The number of para-hydroxylation sites is 1. The van der Waals surface area contributed by atoms with Crippen LogP contribution in [0.2, 0.25) is 0 Å². The normalized spacial score (nSPS) is 16.5. The van der Waals surface area contributed by atoms with Crippen molar-refractivity contribution in [2.75, 3.05) is 25.0 Å². The molecule has 0 unspecified atom stereocenters. The highest BCUT2D eigenvalue weighted by Crippen LogP contribution is 2.25. The van der Waals surface area contributed by atoms with Crippen molar-refractivity contribution in [1.29, 1.82) is 0 Å². The molecule has 124 valence electrons. The van der Waals surface area contributed by atoms with Crippen LogP contribution in [-0.2, 0) is 4.79 Å². The third-order valence-electron chi connectivity index (χ3n) is 4.33. The number of piperidine rings is 1. The molecule has 1 aromatic carbocycles. The summed E-state index contributed by atoms with van der Waals surface area (Å²) in [6.07, 6.45) is 3.63. The quantitative estimate of drug-likeness (QED) is 0.786. The minimum atomic E-state index is -0.00499. The van der Waals surface area contributed by atoms with Crippen molar-refractivity contribution in [3.63, 3.8) is 0 Å². The van der Waals surface area contributed by atoms with E-state index in [1.807, 2.05) is 28.3 Å². The first-order chi connectivity index (χ1) is 11.8. The van der Waals surface area contributed by atoms with Crippen LogP contribution in [0.25, 0.3) is 11.0 Å². The third kappa shape index (κ3) is 3.15. The van der Waals surface area contributed by atoms with Crippen LogP contribution in [-0.4, -0.2) is 50.4 Å². The van der Waals surface area contributed by atoms with Gasteiger partial charge in [0.05, 0.1) is 18.1 Å². The molecule has 2 aromatic heterocycles. The number of aromatic nitrogens is 4. The monoisotopic (exact) mass is 342 g/mol. The van der Waals surface area contributed by atoms with Crippen molar-refractivity contribution >= 4 is 33.4 Å². The van der Waals surface area contributed by atoms with Gasteiger partial charge in [0, 0.05) is 24.7 Å². The average molecular weight is 342 g/mol. The van der Waals surface area contributed by atoms with Crippen LogP contribution in [0.4, 0.5) is 5.13 Å². The fraction of sp³-hybridized carbons (Fsp3) is 0.375. The van der Waals surface area contributed by atoms with Gasteiger partial charge in [0.2, 0.25) is 5.91 Å². The van der Waals surface area contributed by atoms with E-state index >= 15 is 0 Å². The fourth-order valence-electron chi connectivity index (χ4n) is 3.13. The van der Waals surface area contributed by atoms with Crippen LogP contribution >= 0.6 is 11.3 Å². The molecule has 4 rings (SSSR count). The second-order valence-corrected chi connectivity index (χ2v) is 6.81. The van der Waals surface area contributed by atoms with Gasteiger partial charge in [-0.3, -0.25) is 9.69 Å². The lowest BCUT2D eigenvalue weighted by Crippen LogP contribution is -2.39. The summed E-state index contributed by atoms with van der Waals surface area (Å²) in [5.74, 6) is -0.00499. The summed E-state index contributed by atoms with van der Waals surface area (Å²) in [5, 5.41) is 13.9. The van der Waals surface area contributed by atoms with Gasteiger partial charge < -0.3 is 5.32 Å². The Hall–Kier alpha value is -2.32. The van der Waals surface area contributed by atoms with Crippen molar-refractivity contribution in [2.24, 2.45) is 0 Å². The number of nitrogens with zero attached hydrogens (tertiary/aromatic N) is 5. The summed E-state index contributed by atoms with van der Waals surface area (Å²) >= 11 is 1.43. The third-order valence-corrected chi connectivity index (χ3v) is 5.01. The first-order valence-corrected chi connectivity index (χ1v) is 8.89. The molecule has 8 heteroatoms. The molecule has 1 fully saturated rings. The van der Waals surface area contributed by atoms with E-state index in [4.69, 9.17) is 0 Å². The van der Waals surface area contributed by atoms with E-state index in [1.165, 1.54) is 11.3 Å². The molecule has 1 saturated heterocycles. The van der Waals surface area contributed by atoms with Crippen molar-refractivity contribution in [2.45, 2.75) is 18.9 Å². The van der Waals surface area contributed by atoms with Gasteiger partial charge in [0.15, 0.2) is 5.13 Å². The molecule has 0 radical (unpaired) electrons. The number of amides is 1. The molecule has 0 bridgehead atoms. The lowest BCUT2D eigenvalue weighted by atomic mass is 10.0. The molecule has 1 aliphatic heterocycles. The molecule has 24 heavy (non-hydrogen) atoms. The maximum Gasteiger partial charge on any atom is 0.240 e. The lowest BCUT2D eigenvalue weighted by molar-refractivity contribution is -0.117. The van der Waals surface area contributed by atoms with Crippen LogP contribution in [0, 0.1) is 0 Å². The molecular formula is C16H18N6OS. The number of carbonyl (C=O) groups excluding carboxylic acids is 1. The Morgan fingerprint density at radius 2 is 2.12 bits per heavy atom. The van der Waals surface area contributed by atoms with E-state index in [2.05, 4.69) is 31.6 Å².